The monoisotopic (exact) mass is 459 g/mol. The third-order valence-electron chi connectivity index (χ3n) is 6.36. The van der Waals surface area contributed by atoms with Crippen LogP contribution in [0.3, 0.4) is 0 Å². The van der Waals surface area contributed by atoms with Gasteiger partial charge in [0.2, 0.25) is 0 Å². The van der Waals surface area contributed by atoms with Crippen LogP contribution in [0.1, 0.15) is 64.0 Å². The maximum Gasteiger partial charge on any atom is 0.336 e. The van der Waals surface area contributed by atoms with Crippen LogP contribution in [0, 0.1) is 5.41 Å². The topological polar surface area (TPSA) is 64.6 Å². The number of carbonyl (C=O) groups excluding carboxylic acids is 2. The molecule has 0 unspecified atom stereocenters. The number of allylic oxidation sites excluding steroid dienone is 3. The number of benzene rings is 2. The van der Waals surface area contributed by atoms with Crippen LogP contribution < -0.4 is 10.1 Å². The SMILES string of the molecule is CCCOC(=O)C1=C(C)NC2=C(C(=O)CC(C)(C)C2)[C@H]1c1ccccc1OCc1ccccc1. The van der Waals surface area contributed by atoms with Crippen LogP contribution in [0.5, 0.6) is 5.75 Å². The lowest BCUT2D eigenvalue weighted by Gasteiger charge is -2.39. The minimum Gasteiger partial charge on any atom is -0.489 e. The standard InChI is InChI=1S/C29H33NO4/c1-5-15-33-28(32)25-19(2)30-22-16-29(3,4)17-23(31)27(22)26(25)21-13-9-10-14-24(21)34-18-20-11-7-6-8-12-20/h6-14,26,30H,5,15-18H2,1-4H3/t26-/m0/s1. The molecule has 1 aliphatic carbocycles. The van der Waals surface area contributed by atoms with E-state index in [1.165, 1.54) is 0 Å². The highest BCUT2D eigenvalue weighted by Gasteiger charge is 2.44. The van der Waals surface area contributed by atoms with Crippen molar-refractivity contribution >= 4 is 11.8 Å². The normalized spacial score (nSPS) is 19.4. The van der Waals surface area contributed by atoms with Gasteiger partial charge < -0.3 is 14.8 Å². The average Bonchev–Trinajstić information content (AvgIpc) is 2.80. The van der Waals surface area contributed by atoms with Gasteiger partial charge in [0.05, 0.1) is 18.1 Å². The van der Waals surface area contributed by atoms with Gasteiger partial charge in [0.15, 0.2) is 5.78 Å². The van der Waals surface area contributed by atoms with Crippen molar-refractivity contribution in [2.24, 2.45) is 5.41 Å². The number of rotatable bonds is 7. The van der Waals surface area contributed by atoms with Gasteiger partial charge in [-0.2, -0.15) is 0 Å². The lowest BCUT2D eigenvalue weighted by Crippen LogP contribution is -2.38. The van der Waals surface area contributed by atoms with Crippen molar-refractivity contribution < 1.29 is 19.1 Å². The smallest absolute Gasteiger partial charge is 0.336 e. The Morgan fingerprint density at radius 2 is 1.76 bits per heavy atom. The van der Waals surface area contributed by atoms with Crippen LogP contribution in [-0.2, 0) is 20.9 Å². The first kappa shape index (κ1) is 23.8. The van der Waals surface area contributed by atoms with Crippen molar-refractivity contribution in [3.05, 3.63) is 88.3 Å². The third-order valence-corrected chi connectivity index (χ3v) is 6.36. The fourth-order valence-electron chi connectivity index (χ4n) is 4.88. The Bertz CT molecular complexity index is 1140. The summed E-state index contributed by atoms with van der Waals surface area (Å²) in [7, 11) is 0. The Balaban J connectivity index is 1.79. The first-order valence-electron chi connectivity index (χ1n) is 12.0. The van der Waals surface area contributed by atoms with Gasteiger partial charge in [-0.05, 0) is 36.8 Å². The number of hydrogen-bond acceptors (Lipinski definition) is 5. The van der Waals surface area contributed by atoms with E-state index < -0.39 is 5.92 Å². The van der Waals surface area contributed by atoms with Crippen LogP contribution in [0.4, 0.5) is 0 Å². The van der Waals surface area contributed by atoms with Crippen molar-refractivity contribution in [1.29, 1.82) is 0 Å². The van der Waals surface area contributed by atoms with E-state index in [0.717, 1.165) is 35.4 Å². The molecule has 0 spiro atoms. The molecule has 0 fully saturated rings. The van der Waals surface area contributed by atoms with E-state index in [4.69, 9.17) is 9.47 Å². The van der Waals surface area contributed by atoms with Gasteiger partial charge >= 0.3 is 5.97 Å². The summed E-state index contributed by atoms with van der Waals surface area (Å²) in [5.41, 5.74) is 4.48. The summed E-state index contributed by atoms with van der Waals surface area (Å²) in [6.45, 7) is 8.79. The fourth-order valence-corrected chi connectivity index (χ4v) is 4.88. The van der Waals surface area contributed by atoms with Gasteiger partial charge in [0.1, 0.15) is 12.4 Å². The number of ketones is 1. The quantitative estimate of drug-likeness (QED) is 0.528. The summed E-state index contributed by atoms with van der Waals surface area (Å²) in [5, 5.41) is 3.39. The molecule has 0 bridgehead atoms. The van der Waals surface area contributed by atoms with Gasteiger partial charge in [-0.15, -0.1) is 0 Å². The zero-order valence-corrected chi connectivity index (χ0v) is 20.4. The molecule has 178 valence electrons. The molecule has 0 radical (unpaired) electrons. The highest BCUT2D eigenvalue weighted by atomic mass is 16.5. The maximum atomic E-state index is 13.5. The molecule has 34 heavy (non-hydrogen) atoms. The minimum atomic E-state index is -0.531. The lowest BCUT2D eigenvalue weighted by molar-refractivity contribution is -0.139. The van der Waals surface area contributed by atoms with Gasteiger partial charge in [-0.25, -0.2) is 4.79 Å². The summed E-state index contributed by atoms with van der Waals surface area (Å²) in [6, 6.07) is 17.6. The third kappa shape index (κ3) is 4.93. The van der Waals surface area contributed by atoms with E-state index in [1.807, 2.05) is 68.4 Å². The van der Waals surface area contributed by atoms with Crippen LogP contribution in [-0.4, -0.2) is 18.4 Å². The molecule has 1 heterocycles. The largest absolute Gasteiger partial charge is 0.489 e. The van der Waals surface area contributed by atoms with Crippen molar-refractivity contribution in [3.63, 3.8) is 0 Å². The number of dihydropyridines is 1. The predicted molar refractivity (Wildman–Crippen MR) is 132 cm³/mol. The van der Waals surface area contributed by atoms with E-state index in [1.54, 1.807) is 0 Å². The number of esters is 1. The summed E-state index contributed by atoms with van der Waals surface area (Å²) in [5.74, 6) is -0.193. The lowest BCUT2D eigenvalue weighted by atomic mass is 9.68. The highest BCUT2D eigenvalue weighted by molar-refractivity contribution is 6.04. The second-order valence-corrected chi connectivity index (χ2v) is 9.88. The molecule has 0 saturated carbocycles. The first-order chi connectivity index (χ1) is 16.3. The number of nitrogens with one attached hydrogen (secondary N) is 1. The molecule has 2 aliphatic rings. The minimum absolute atomic E-state index is 0.0647. The van der Waals surface area contributed by atoms with Crippen molar-refractivity contribution in [3.8, 4) is 5.75 Å². The van der Waals surface area contributed by atoms with E-state index >= 15 is 0 Å². The fraction of sp³-hybridized carbons (Fsp3) is 0.379. The summed E-state index contributed by atoms with van der Waals surface area (Å²) < 4.78 is 11.8. The number of hydrogen-bond donors (Lipinski definition) is 1. The molecular weight excluding hydrogens is 426 g/mol. The Morgan fingerprint density at radius 1 is 1.06 bits per heavy atom. The van der Waals surface area contributed by atoms with E-state index in [-0.39, 0.29) is 17.2 Å². The molecule has 4 rings (SSSR count). The summed E-state index contributed by atoms with van der Waals surface area (Å²) >= 11 is 0. The molecule has 5 nitrogen and oxygen atoms in total. The Kier molecular flexibility index (Phi) is 6.92. The van der Waals surface area contributed by atoms with E-state index in [0.29, 0.717) is 36.5 Å². The molecule has 2 aromatic carbocycles. The molecule has 5 heteroatoms. The number of carbonyl (C=O) groups is 2. The predicted octanol–water partition coefficient (Wildman–Crippen LogP) is 5.82. The molecule has 2 aromatic rings. The number of para-hydroxylation sites is 1. The van der Waals surface area contributed by atoms with Crippen LogP contribution in [0.15, 0.2) is 77.1 Å². The zero-order chi connectivity index (χ0) is 24.3. The van der Waals surface area contributed by atoms with Gasteiger partial charge in [-0.1, -0.05) is 69.3 Å². The molecular formula is C29H33NO4. The molecule has 0 aromatic heterocycles. The molecule has 1 aliphatic heterocycles. The molecule has 0 amide bonds. The zero-order valence-electron chi connectivity index (χ0n) is 20.4. The second kappa shape index (κ2) is 9.88. The maximum absolute atomic E-state index is 13.5. The highest BCUT2D eigenvalue weighted by Crippen LogP contribution is 2.48. The van der Waals surface area contributed by atoms with Crippen molar-refractivity contribution in [2.45, 2.75) is 59.5 Å². The summed E-state index contributed by atoms with van der Waals surface area (Å²) in [4.78, 5) is 26.7. The Hall–Kier alpha value is -3.34. The molecule has 0 saturated heterocycles. The Labute approximate surface area is 201 Å². The Morgan fingerprint density at radius 3 is 2.50 bits per heavy atom. The van der Waals surface area contributed by atoms with Crippen LogP contribution >= 0.6 is 0 Å². The van der Waals surface area contributed by atoms with Gasteiger partial charge in [0.25, 0.3) is 0 Å². The molecule has 1 N–H and O–H groups in total. The second-order valence-electron chi connectivity index (χ2n) is 9.88. The first-order valence-corrected chi connectivity index (χ1v) is 12.0. The number of Topliss-reactive ketones (excluding diaryl/α,β-unsaturated/α-hetero) is 1. The van der Waals surface area contributed by atoms with Crippen molar-refractivity contribution in [1.82, 2.24) is 5.32 Å². The van der Waals surface area contributed by atoms with E-state index in [2.05, 4.69) is 19.2 Å². The number of ether oxygens (including phenoxy) is 2. The van der Waals surface area contributed by atoms with E-state index in [9.17, 15) is 9.59 Å². The summed E-state index contributed by atoms with van der Waals surface area (Å²) in [6.07, 6.45) is 1.91. The van der Waals surface area contributed by atoms with Gasteiger partial charge in [0, 0.05) is 29.0 Å². The average molecular weight is 460 g/mol. The van der Waals surface area contributed by atoms with Crippen LogP contribution in [0.2, 0.25) is 0 Å². The van der Waals surface area contributed by atoms with Crippen LogP contribution in [0.25, 0.3) is 0 Å². The van der Waals surface area contributed by atoms with Crippen molar-refractivity contribution in [2.75, 3.05) is 6.61 Å². The molecule has 1 atom stereocenters. The van der Waals surface area contributed by atoms with Gasteiger partial charge in [-0.3, -0.25) is 4.79 Å².